The number of ether oxygens (including phenoxy) is 1. The molecule has 0 saturated carbocycles. The quantitative estimate of drug-likeness (QED) is 0.567. The van der Waals surface area contributed by atoms with Crippen LogP contribution in [0.25, 0.3) is 0 Å². The molecule has 2 heteroatoms. The first-order valence-electron chi connectivity index (χ1n) is 4.32. The molecule has 1 atom stereocenters. The Balaban J connectivity index is 3.54. The molecule has 0 spiro atoms. The fourth-order valence-electron chi connectivity index (χ4n) is 0.869. The van der Waals surface area contributed by atoms with E-state index in [1.165, 1.54) is 0 Å². The van der Waals surface area contributed by atoms with Gasteiger partial charge in [0.25, 0.3) is 0 Å². The van der Waals surface area contributed by atoms with Gasteiger partial charge in [-0.3, -0.25) is 0 Å². The van der Waals surface area contributed by atoms with Crippen LogP contribution >= 0.6 is 0 Å². The molecule has 0 aliphatic heterocycles. The molecule has 1 radical (unpaired) electrons. The van der Waals surface area contributed by atoms with Gasteiger partial charge in [0.15, 0.2) is 5.79 Å². The molecule has 0 aromatic heterocycles. The van der Waals surface area contributed by atoms with Gasteiger partial charge in [-0.05, 0) is 12.8 Å². The number of hydrogen-bond acceptors (Lipinski definition) is 1. The lowest BCUT2D eigenvalue weighted by atomic mass is 10.2. The Morgan fingerprint density at radius 1 is 1.45 bits per heavy atom. The van der Waals surface area contributed by atoms with Crippen LogP contribution < -0.4 is 0 Å². The summed E-state index contributed by atoms with van der Waals surface area (Å²) in [6.07, 6.45) is 1.48. The van der Waals surface area contributed by atoms with Crippen molar-refractivity contribution in [3.8, 4) is 0 Å². The molecule has 11 heavy (non-hydrogen) atoms. The van der Waals surface area contributed by atoms with Gasteiger partial charge in [0.1, 0.15) is 0 Å². The maximum absolute atomic E-state index is 11.4. The highest BCUT2D eigenvalue weighted by Gasteiger charge is 2.21. The Morgan fingerprint density at radius 2 is 2.00 bits per heavy atom. The minimum Gasteiger partial charge on any atom is -0.347 e. The molecule has 0 N–H and O–H groups in total. The number of rotatable bonds is 5. The van der Waals surface area contributed by atoms with E-state index in [0.717, 1.165) is 6.42 Å². The van der Waals surface area contributed by atoms with E-state index in [2.05, 4.69) is 0 Å². The second-order valence-electron chi connectivity index (χ2n) is 3.59. The van der Waals surface area contributed by atoms with Crippen molar-refractivity contribution >= 4 is 0 Å². The van der Waals surface area contributed by atoms with E-state index < -0.39 is 5.79 Å². The van der Waals surface area contributed by atoms with Crippen molar-refractivity contribution in [3.05, 3.63) is 0 Å². The lowest BCUT2D eigenvalue weighted by Crippen LogP contribution is -2.27. The molecule has 0 amide bonds. The molecule has 0 heterocycles. The van der Waals surface area contributed by atoms with Gasteiger partial charge < -0.3 is 4.74 Å². The van der Waals surface area contributed by atoms with Gasteiger partial charge in [-0.1, -0.05) is 27.2 Å². The molecular formula is C9H19O2. The van der Waals surface area contributed by atoms with E-state index in [4.69, 9.17) is 4.74 Å². The molecule has 1 unspecified atom stereocenters. The summed E-state index contributed by atoms with van der Waals surface area (Å²) >= 11 is 0. The summed E-state index contributed by atoms with van der Waals surface area (Å²) in [5.41, 5.74) is 0. The summed E-state index contributed by atoms with van der Waals surface area (Å²) in [6.45, 7) is 8.26. The van der Waals surface area contributed by atoms with Crippen LogP contribution in [0, 0.1) is 5.92 Å². The highest BCUT2D eigenvalue weighted by atomic mass is 16.6. The van der Waals surface area contributed by atoms with Crippen molar-refractivity contribution in [2.24, 2.45) is 5.92 Å². The molecule has 67 valence electrons. The Hall–Kier alpha value is -0.0800. The average molecular weight is 159 g/mol. The van der Waals surface area contributed by atoms with Gasteiger partial charge in [-0.2, -0.15) is 5.11 Å². The Kier molecular flexibility index (Phi) is 4.69. The van der Waals surface area contributed by atoms with Gasteiger partial charge in [0.2, 0.25) is 0 Å². The molecular weight excluding hydrogens is 140 g/mol. The van der Waals surface area contributed by atoms with Crippen LogP contribution in [0.5, 0.6) is 0 Å². The highest BCUT2D eigenvalue weighted by molar-refractivity contribution is 4.58. The normalized spacial score (nSPS) is 16.9. The van der Waals surface area contributed by atoms with Crippen LogP contribution in [-0.2, 0) is 9.84 Å². The van der Waals surface area contributed by atoms with Gasteiger partial charge in [-0.15, -0.1) is 0 Å². The molecule has 0 rings (SSSR count). The zero-order chi connectivity index (χ0) is 8.91. The molecule has 2 nitrogen and oxygen atoms in total. The number of hydrogen-bond donors (Lipinski definition) is 0. The van der Waals surface area contributed by atoms with Crippen LogP contribution in [0.3, 0.4) is 0 Å². The standard InChI is InChI=1S/C9H19O2/c1-5-6-9(4,10)11-7-8(2)3/h8H,5-7H2,1-4H3. The summed E-state index contributed by atoms with van der Waals surface area (Å²) in [7, 11) is 0. The molecule has 0 saturated heterocycles. The van der Waals surface area contributed by atoms with Crippen molar-refractivity contribution < 1.29 is 9.84 Å². The third-order valence-corrected chi connectivity index (χ3v) is 1.43. The van der Waals surface area contributed by atoms with Gasteiger partial charge in [-0.25, -0.2) is 0 Å². The molecule has 0 aromatic rings. The predicted molar refractivity (Wildman–Crippen MR) is 44.8 cm³/mol. The molecule has 0 fully saturated rings. The minimum atomic E-state index is -1.17. The first kappa shape index (κ1) is 10.9. The maximum atomic E-state index is 11.4. The van der Waals surface area contributed by atoms with E-state index in [0.29, 0.717) is 18.9 Å². The van der Waals surface area contributed by atoms with Gasteiger partial charge in [0.05, 0.1) is 6.61 Å². The maximum Gasteiger partial charge on any atom is 0.198 e. The molecule has 0 aromatic carbocycles. The van der Waals surface area contributed by atoms with E-state index in [-0.39, 0.29) is 0 Å². The second kappa shape index (κ2) is 4.73. The largest absolute Gasteiger partial charge is 0.347 e. The monoisotopic (exact) mass is 159 g/mol. The van der Waals surface area contributed by atoms with Crippen LogP contribution in [0.2, 0.25) is 0 Å². The van der Waals surface area contributed by atoms with Crippen LogP contribution in [0.4, 0.5) is 0 Å². The van der Waals surface area contributed by atoms with Gasteiger partial charge in [0, 0.05) is 6.42 Å². The summed E-state index contributed by atoms with van der Waals surface area (Å²) in [6, 6.07) is 0. The second-order valence-corrected chi connectivity index (χ2v) is 3.59. The van der Waals surface area contributed by atoms with Crippen LogP contribution in [0.15, 0.2) is 0 Å². The minimum absolute atomic E-state index is 0.445. The lowest BCUT2D eigenvalue weighted by molar-refractivity contribution is -0.236. The van der Waals surface area contributed by atoms with Gasteiger partial charge >= 0.3 is 0 Å². The zero-order valence-electron chi connectivity index (χ0n) is 8.02. The Labute approximate surface area is 69.6 Å². The Morgan fingerprint density at radius 3 is 2.36 bits per heavy atom. The van der Waals surface area contributed by atoms with Crippen molar-refractivity contribution in [1.29, 1.82) is 0 Å². The molecule has 0 aliphatic carbocycles. The SMILES string of the molecule is CCCC(C)([O])OCC(C)C. The van der Waals surface area contributed by atoms with Crippen molar-refractivity contribution in [2.45, 2.75) is 46.3 Å². The van der Waals surface area contributed by atoms with Crippen LogP contribution in [-0.4, -0.2) is 12.4 Å². The topological polar surface area (TPSA) is 29.1 Å². The van der Waals surface area contributed by atoms with Crippen molar-refractivity contribution in [2.75, 3.05) is 6.61 Å². The summed E-state index contributed by atoms with van der Waals surface area (Å²) in [5, 5.41) is 11.4. The predicted octanol–water partition coefficient (Wildman–Crippen LogP) is 2.61. The van der Waals surface area contributed by atoms with E-state index >= 15 is 0 Å². The lowest BCUT2D eigenvalue weighted by Gasteiger charge is -2.21. The van der Waals surface area contributed by atoms with E-state index in [1.54, 1.807) is 6.92 Å². The smallest absolute Gasteiger partial charge is 0.198 e. The first-order valence-corrected chi connectivity index (χ1v) is 4.32. The first-order chi connectivity index (χ1) is 4.98. The fraction of sp³-hybridized carbons (Fsp3) is 1.00. The van der Waals surface area contributed by atoms with Crippen molar-refractivity contribution in [1.82, 2.24) is 0 Å². The van der Waals surface area contributed by atoms with Crippen molar-refractivity contribution in [3.63, 3.8) is 0 Å². The van der Waals surface area contributed by atoms with E-state index in [9.17, 15) is 5.11 Å². The van der Waals surface area contributed by atoms with Crippen LogP contribution in [0.1, 0.15) is 40.5 Å². The third kappa shape index (κ3) is 6.32. The fourth-order valence-corrected chi connectivity index (χ4v) is 0.869. The summed E-state index contributed by atoms with van der Waals surface area (Å²) < 4.78 is 5.18. The average Bonchev–Trinajstić information content (AvgIpc) is 1.84. The molecule has 0 aliphatic rings. The Bertz CT molecular complexity index is 97.7. The highest BCUT2D eigenvalue weighted by Crippen LogP contribution is 2.15. The summed E-state index contributed by atoms with van der Waals surface area (Å²) in [4.78, 5) is 0. The molecule has 0 bridgehead atoms. The summed E-state index contributed by atoms with van der Waals surface area (Å²) in [5.74, 6) is -0.723. The third-order valence-electron chi connectivity index (χ3n) is 1.43. The van der Waals surface area contributed by atoms with E-state index in [1.807, 2.05) is 20.8 Å². The zero-order valence-corrected chi connectivity index (χ0v) is 8.02.